The third kappa shape index (κ3) is 47.2. The minimum atomic E-state index is -0.792. The largest absolute Gasteiger partial charge is 0.462 e. The molecule has 0 saturated carbocycles. The van der Waals surface area contributed by atoms with Gasteiger partial charge in [0, 0.05) is 19.3 Å². The Balaban J connectivity index is 4.26. The molecule has 0 fully saturated rings. The molecule has 0 radical (unpaired) electrons. The van der Waals surface area contributed by atoms with E-state index in [1.165, 1.54) is 25.7 Å². The molecule has 0 aromatic carbocycles. The number of unbranched alkanes of at least 4 members (excludes halogenated alkanes) is 16. The lowest BCUT2D eigenvalue weighted by atomic mass is 10.1. The van der Waals surface area contributed by atoms with E-state index < -0.39 is 6.10 Å². The van der Waals surface area contributed by atoms with Crippen molar-refractivity contribution in [3.8, 4) is 0 Å². The fourth-order valence-corrected chi connectivity index (χ4v) is 6.36. The minimum Gasteiger partial charge on any atom is -0.462 e. The molecule has 0 amide bonds. The number of esters is 3. The molecule has 0 aliphatic carbocycles. The zero-order valence-electron chi connectivity index (χ0n) is 39.4. The normalized spacial score (nSPS) is 12.9. The Morgan fingerprint density at radius 1 is 0.344 bits per heavy atom. The van der Waals surface area contributed by atoms with Crippen LogP contribution in [0, 0.1) is 0 Å². The smallest absolute Gasteiger partial charge is 0.306 e. The van der Waals surface area contributed by atoms with Crippen molar-refractivity contribution in [1.29, 1.82) is 0 Å². The van der Waals surface area contributed by atoms with Gasteiger partial charge < -0.3 is 14.2 Å². The summed E-state index contributed by atoms with van der Waals surface area (Å²) in [6.45, 7) is 6.36. The van der Waals surface area contributed by atoms with Crippen LogP contribution in [0.2, 0.25) is 0 Å². The molecule has 0 N–H and O–H groups in total. The van der Waals surface area contributed by atoms with Gasteiger partial charge in [-0.2, -0.15) is 0 Å². The number of ether oxygens (including phenoxy) is 3. The van der Waals surface area contributed by atoms with Crippen molar-refractivity contribution >= 4 is 17.9 Å². The highest BCUT2D eigenvalue weighted by molar-refractivity contribution is 5.71. The second-order valence-electron chi connectivity index (χ2n) is 16.0. The van der Waals surface area contributed by atoms with Crippen molar-refractivity contribution in [3.05, 3.63) is 97.2 Å². The highest BCUT2D eigenvalue weighted by Crippen LogP contribution is 2.12. The van der Waals surface area contributed by atoms with E-state index in [1.807, 2.05) is 0 Å². The lowest BCUT2D eigenvalue weighted by molar-refractivity contribution is -0.167. The maximum absolute atomic E-state index is 12.7. The molecule has 0 rings (SSSR count). The fourth-order valence-electron chi connectivity index (χ4n) is 6.36. The molecule has 6 heteroatoms. The summed E-state index contributed by atoms with van der Waals surface area (Å²) in [4.78, 5) is 37.6. The van der Waals surface area contributed by atoms with E-state index in [2.05, 4.69) is 118 Å². The summed E-state index contributed by atoms with van der Waals surface area (Å²) >= 11 is 0. The first-order chi connectivity index (χ1) is 30.0. The summed E-state index contributed by atoms with van der Waals surface area (Å²) in [7, 11) is 0. The van der Waals surface area contributed by atoms with Gasteiger partial charge in [-0.15, -0.1) is 0 Å². The van der Waals surface area contributed by atoms with Crippen molar-refractivity contribution in [2.75, 3.05) is 13.2 Å². The van der Waals surface area contributed by atoms with Crippen molar-refractivity contribution < 1.29 is 28.6 Å². The first kappa shape index (κ1) is 57.3. The third-order valence-electron chi connectivity index (χ3n) is 10.1. The standard InChI is InChI=1S/C55H90O6/c1-4-7-10-13-15-17-19-21-23-24-25-26-27-28-29-30-32-33-35-37-39-42-45-48-54(57)60-51-52(50-59-53(56)47-44-41-12-9-6-3)61-55(58)49-46-43-40-38-36-34-31-22-20-18-16-14-11-8-5-2/h7,10,15-18,21-23,25-26,28-29,31-33,52H,4-6,8-9,11-14,19-20,24,27,30,34-51H2,1-3H3/b10-7-,17-15-,18-16-,23-21-,26-25-,29-28-,31-22-,33-32-. The van der Waals surface area contributed by atoms with Gasteiger partial charge in [0.05, 0.1) is 0 Å². The van der Waals surface area contributed by atoms with E-state index in [-0.39, 0.29) is 31.1 Å². The Hall–Kier alpha value is -3.67. The van der Waals surface area contributed by atoms with E-state index in [4.69, 9.17) is 14.2 Å². The number of hydrogen-bond donors (Lipinski definition) is 0. The molecule has 0 aromatic heterocycles. The maximum atomic E-state index is 12.7. The monoisotopic (exact) mass is 847 g/mol. The molecule has 346 valence electrons. The Bertz CT molecular complexity index is 1250. The second-order valence-corrected chi connectivity index (χ2v) is 16.0. The SMILES string of the molecule is CC/C=C\C/C=C\C/C=C\C/C=C\C/C=C\C/C=C\CCCCCCC(=O)OCC(COC(=O)CCCCCCC)OC(=O)CCCCCCC/C=C\C/C=C\CCCCC. The maximum Gasteiger partial charge on any atom is 0.306 e. The van der Waals surface area contributed by atoms with E-state index in [0.29, 0.717) is 19.3 Å². The van der Waals surface area contributed by atoms with Gasteiger partial charge in [-0.1, -0.05) is 189 Å². The molecular formula is C55H90O6. The van der Waals surface area contributed by atoms with Crippen LogP contribution >= 0.6 is 0 Å². The van der Waals surface area contributed by atoms with Crippen LogP contribution < -0.4 is 0 Å². The Morgan fingerprint density at radius 2 is 0.639 bits per heavy atom. The highest BCUT2D eigenvalue weighted by atomic mass is 16.6. The number of hydrogen-bond acceptors (Lipinski definition) is 6. The summed E-state index contributed by atoms with van der Waals surface area (Å²) in [5.41, 5.74) is 0. The molecule has 1 unspecified atom stereocenters. The summed E-state index contributed by atoms with van der Waals surface area (Å²) < 4.78 is 16.6. The zero-order valence-corrected chi connectivity index (χ0v) is 39.4. The molecule has 6 nitrogen and oxygen atoms in total. The topological polar surface area (TPSA) is 78.9 Å². The molecule has 0 aliphatic rings. The van der Waals surface area contributed by atoms with E-state index in [0.717, 1.165) is 148 Å². The molecule has 0 aliphatic heterocycles. The Labute approximate surface area is 375 Å². The molecular weight excluding hydrogens is 757 g/mol. The van der Waals surface area contributed by atoms with Crippen LogP contribution in [0.1, 0.15) is 213 Å². The number of carbonyl (C=O) groups is 3. The molecule has 0 bridgehead atoms. The van der Waals surface area contributed by atoms with Gasteiger partial charge >= 0.3 is 17.9 Å². The van der Waals surface area contributed by atoms with Crippen molar-refractivity contribution in [1.82, 2.24) is 0 Å². The minimum absolute atomic E-state index is 0.0937. The summed E-state index contributed by atoms with van der Waals surface area (Å²) in [6.07, 6.45) is 64.2. The summed E-state index contributed by atoms with van der Waals surface area (Å²) in [5.74, 6) is -0.954. The lowest BCUT2D eigenvalue weighted by Gasteiger charge is -2.18. The first-order valence-corrected chi connectivity index (χ1v) is 24.7. The van der Waals surface area contributed by atoms with Crippen LogP contribution in [0.5, 0.6) is 0 Å². The Morgan fingerprint density at radius 3 is 1.03 bits per heavy atom. The van der Waals surface area contributed by atoms with Crippen molar-refractivity contribution in [2.45, 2.75) is 219 Å². The molecule has 0 heterocycles. The van der Waals surface area contributed by atoms with Crippen molar-refractivity contribution in [2.24, 2.45) is 0 Å². The van der Waals surface area contributed by atoms with Crippen LogP contribution in [-0.2, 0) is 28.6 Å². The molecule has 0 saturated heterocycles. The second kappa shape index (κ2) is 49.0. The molecule has 1 atom stereocenters. The van der Waals surface area contributed by atoms with Crippen LogP contribution in [0.4, 0.5) is 0 Å². The predicted octanol–water partition coefficient (Wildman–Crippen LogP) is 16.2. The van der Waals surface area contributed by atoms with E-state index in [9.17, 15) is 14.4 Å². The third-order valence-corrected chi connectivity index (χ3v) is 10.1. The summed E-state index contributed by atoms with van der Waals surface area (Å²) in [5, 5.41) is 0. The van der Waals surface area contributed by atoms with Gasteiger partial charge in [-0.05, 0) is 103 Å². The van der Waals surface area contributed by atoms with Crippen LogP contribution in [0.3, 0.4) is 0 Å². The average molecular weight is 847 g/mol. The molecule has 61 heavy (non-hydrogen) atoms. The van der Waals surface area contributed by atoms with Crippen molar-refractivity contribution in [3.63, 3.8) is 0 Å². The van der Waals surface area contributed by atoms with Gasteiger partial charge in [-0.25, -0.2) is 0 Å². The highest BCUT2D eigenvalue weighted by Gasteiger charge is 2.19. The van der Waals surface area contributed by atoms with Crippen LogP contribution in [-0.4, -0.2) is 37.2 Å². The Kier molecular flexibility index (Phi) is 46.0. The molecule has 0 aromatic rings. The first-order valence-electron chi connectivity index (χ1n) is 24.7. The van der Waals surface area contributed by atoms with E-state index in [1.54, 1.807) is 0 Å². The van der Waals surface area contributed by atoms with Gasteiger partial charge in [-0.3, -0.25) is 14.4 Å². The van der Waals surface area contributed by atoms with Gasteiger partial charge in [0.1, 0.15) is 13.2 Å². The van der Waals surface area contributed by atoms with Gasteiger partial charge in [0.15, 0.2) is 6.10 Å². The lowest BCUT2D eigenvalue weighted by Crippen LogP contribution is -2.30. The van der Waals surface area contributed by atoms with Gasteiger partial charge in [0.25, 0.3) is 0 Å². The van der Waals surface area contributed by atoms with Crippen LogP contribution in [0.25, 0.3) is 0 Å². The predicted molar refractivity (Wildman–Crippen MR) is 260 cm³/mol. The van der Waals surface area contributed by atoms with Crippen LogP contribution in [0.15, 0.2) is 97.2 Å². The number of allylic oxidation sites excluding steroid dienone is 16. The fraction of sp³-hybridized carbons (Fsp3) is 0.655. The summed E-state index contributed by atoms with van der Waals surface area (Å²) in [6, 6.07) is 0. The number of carbonyl (C=O) groups excluding carboxylic acids is 3. The quantitative estimate of drug-likeness (QED) is 0.0263. The van der Waals surface area contributed by atoms with Gasteiger partial charge in [0.2, 0.25) is 0 Å². The number of rotatable bonds is 43. The van der Waals surface area contributed by atoms with E-state index >= 15 is 0 Å². The molecule has 0 spiro atoms. The zero-order chi connectivity index (χ0) is 44.4. The average Bonchev–Trinajstić information content (AvgIpc) is 3.26.